The number of carbonyl (C=O) groups excluding carboxylic acids is 3. The Bertz CT molecular complexity index is 1260. The van der Waals surface area contributed by atoms with Crippen LogP contribution >= 0.6 is 0 Å². The average Bonchev–Trinajstić information content (AvgIpc) is 3.13. The maximum absolute atomic E-state index is 14.3. The number of carbonyl (C=O) groups is 3. The molecular weight excluding hydrogens is 468 g/mol. The summed E-state index contributed by atoms with van der Waals surface area (Å²) in [5.74, 6) is -1.15. The number of anilines is 1. The molecule has 3 unspecified atom stereocenters. The minimum atomic E-state index is -1.56. The second kappa shape index (κ2) is 8.61. The molecule has 1 N–H and O–H groups in total. The van der Waals surface area contributed by atoms with Crippen LogP contribution in [0.25, 0.3) is 0 Å². The summed E-state index contributed by atoms with van der Waals surface area (Å²) < 4.78 is 27.7. The molecule has 2 aromatic rings. The first-order chi connectivity index (χ1) is 17.3. The molecule has 0 aliphatic carbocycles. The van der Waals surface area contributed by atoms with Crippen LogP contribution in [0.4, 0.5) is 5.69 Å². The summed E-state index contributed by atoms with van der Waals surface area (Å²) >= 11 is 0. The van der Waals surface area contributed by atoms with Crippen molar-refractivity contribution in [3.8, 4) is 23.0 Å². The van der Waals surface area contributed by atoms with E-state index in [1.807, 2.05) is 0 Å². The highest BCUT2D eigenvalue weighted by molar-refractivity contribution is 6.14. The predicted molar refractivity (Wildman–Crippen MR) is 128 cm³/mol. The van der Waals surface area contributed by atoms with Crippen LogP contribution in [-0.2, 0) is 14.3 Å². The zero-order valence-electron chi connectivity index (χ0n) is 20.7. The van der Waals surface area contributed by atoms with Gasteiger partial charge in [0.15, 0.2) is 11.5 Å². The van der Waals surface area contributed by atoms with Crippen molar-refractivity contribution in [3.05, 3.63) is 41.5 Å². The highest BCUT2D eigenvalue weighted by atomic mass is 16.5. The van der Waals surface area contributed by atoms with Gasteiger partial charge in [-0.25, -0.2) is 0 Å². The fraction of sp³-hybridized carbons (Fsp3) is 0.423. The van der Waals surface area contributed by atoms with Crippen molar-refractivity contribution in [2.75, 3.05) is 39.9 Å². The van der Waals surface area contributed by atoms with Gasteiger partial charge in [-0.1, -0.05) is 0 Å². The van der Waals surface area contributed by atoms with E-state index in [9.17, 15) is 14.4 Å². The Morgan fingerprint density at radius 2 is 1.83 bits per heavy atom. The van der Waals surface area contributed by atoms with Gasteiger partial charge < -0.3 is 33.9 Å². The van der Waals surface area contributed by atoms with E-state index >= 15 is 0 Å². The number of hydrogen-bond acceptors (Lipinski definition) is 8. The van der Waals surface area contributed by atoms with Gasteiger partial charge in [-0.15, -0.1) is 0 Å². The first-order valence-electron chi connectivity index (χ1n) is 11.7. The van der Waals surface area contributed by atoms with Crippen LogP contribution in [0.15, 0.2) is 30.3 Å². The Balaban J connectivity index is 1.76. The van der Waals surface area contributed by atoms with E-state index in [2.05, 4.69) is 5.32 Å². The first-order valence-corrected chi connectivity index (χ1v) is 11.7. The zero-order valence-corrected chi connectivity index (χ0v) is 20.7. The van der Waals surface area contributed by atoms with Gasteiger partial charge in [-0.05, 0) is 38.1 Å². The number of amides is 2. The molecule has 3 aliphatic heterocycles. The number of nitrogens with zero attached hydrogens (tertiary/aromatic N) is 1. The third-order valence-electron chi connectivity index (χ3n) is 7.41. The van der Waals surface area contributed by atoms with E-state index in [4.69, 9.17) is 23.7 Å². The molecule has 1 saturated heterocycles. The van der Waals surface area contributed by atoms with E-state index in [1.54, 1.807) is 51.3 Å². The molecule has 10 nitrogen and oxygen atoms in total. The number of methoxy groups -OCH3 is 3. The lowest BCUT2D eigenvalue weighted by atomic mass is 9.77. The SMILES string of the molecule is CCOC(=O)C1C2COc3ccc(OC)cc3C2N2C(=O)c3cc(OC)c(OC)cc3NC(=O)[C@@]12C. The molecular formula is C26H28N2O8. The zero-order chi connectivity index (χ0) is 25.8. The Labute approximate surface area is 208 Å². The molecule has 36 heavy (non-hydrogen) atoms. The summed E-state index contributed by atoms with van der Waals surface area (Å²) in [6, 6.07) is 7.77. The van der Waals surface area contributed by atoms with Crippen molar-refractivity contribution in [1.29, 1.82) is 0 Å². The largest absolute Gasteiger partial charge is 0.497 e. The Morgan fingerprint density at radius 3 is 2.50 bits per heavy atom. The Kier molecular flexibility index (Phi) is 5.69. The van der Waals surface area contributed by atoms with E-state index in [0.29, 0.717) is 28.6 Å². The molecule has 4 atom stereocenters. The van der Waals surface area contributed by atoms with Crippen molar-refractivity contribution >= 4 is 23.5 Å². The molecule has 3 aliphatic rings. The molecule has 0 bridgehead atoms. The lowest BCUT2D eigenvalue weighted by molar-refractivity contribution is -0.155. The maximum Gasteiger partial charge on any atom is 0.312 e. The van der Waals surface area contributed by atoms with Crippen LogP contribution in [-0.4, -0.2) is 62.8 Å². The maximum atomic E-state index is 14.3. The van der Waals surface area contributed by atoms with Gasteiger partial charge in [0.05, 0.1) is 57.8 Å². The van der Waals surface area contributed by atoms with E-state index < -0.39 is 41.2 Å². The molecule has 10 heteroatoms. The second-order valence-corrected chi connectivity index (χ2v) is 9.08. The smallest absolute Gasteiger partial charge is 0.312 e. The summed E-state index contributed by atoms with van der Waals surface area (Å²) in [5.41, 5.74) is -0.403. The van der Waals surface area contributed by atoms with Crippen molar-refractivity contribution in [1.82, 2.24) is 4.90 Å². The molecule has 0 saturated carbocycles. The van der Waals surface area contributed by atoms with Gasteiger partial charge in [0.25, 0.3) is 11.8 Å². The monoisotopic (exact) mass is 496 g/mol. The molecule has 0 spiro atoms. The minimum Gasteiger partial charge on any atom is -0.497 e. The summed E-state index contributed by atoms with van der Waals surface area (Å²) in [4.78, 5) is 43.1. The summed E-state index contributed by atoms with van der Waals surface area (Å²) in [5, 5.41) is 2.86. The van der Waals surface area contributed by atoms with Gasteiger partial charge in [0, 0.05) is 17.5 Å². The number of benzene rings is 2. The van der Waals surface area contributed by atoms with Crippen molar-refractivity contribution in [2.24, 2.45) is 11.8 Å². The van der Waals surface area contributed by atoms with Crippen LogP contribution in [0.3, 0.4) is 0 Å². The van der Waals surface area contributed by atoms with Gasteiger partial charge in [-0.3, -0.25) is 14.4 Å². The summed E-state index contributed by atoms with van der Waals surface area (Å²) in [6.45, 7) is 3.59. The molecule has 5 rings (SSSR count). The van der Waals surface area contributed by atoms with Crippen molar-refractivity contribution in [3.63, 3.8) is 0 Å². The van der Waals surface area contributed by atoms with Crippen LogP contribution in [0.2, 0.25) is 0 Å². The number of rotatable bonds is 5. The van der Waals surface area contributed by atoms with Crippen LogP contribution < -0.4 is 24.3 Å². The number of nitrogens with one attached hydrogen (secondary N) is 1. The molecule has 2 amide bonds. The Morgan fingerprint density at radius 1 is 1.11 bits per heavy atom. The van der Waals surface area contributed by atoms with E-state index in [-0.39, 0.29) is 24.5 Å². The molecule has 1 fully saturated rings. The highest BCUT2D eigenvalue weighted by Crippen LogP contribution is 2.57. The second-order valence-electron chi connectivity index (χ2n) is 9.08. The standard InChI is InChI=1S/C26H28N2O8/c1-6-35-24(30)21-16-12-36-18-8-7-13(32-3)9-15(18)22(16)28-23(29)14-10-19(33-4)20(34-5)11-17(14)27-25(31)26(21,28)2/h7-11,16,21-22H,6,12H2,1-5H3,(H,27,31)/t16?,21?,22?,26-/m1/s1. The van der Waals surface area contributed by atoms with Gasteiger partial charge in [0.1, 0.15) is 17.0 Å². The topological polar surface area (TPSA) is 113 Å². The molecule has 0 radical (unpaired) electrons. The minimum absolute atomic E-state index is 0.137. The lowest BCUT2D eigenvalue weighted by Crippen LogP contribution is -2.57. The van der Waals surface area contributed by atoms with E-state index in [0.717, 1.165) is 0 Å². The number of hydrogen-bond donors (Lipinski definition) is 1. The Hall–Kier alpha value is -3.95. The number of esters is 1. The molecule has 3 heterocycles. The normalized spacial score (nSPS) is 25.8. The third-order valence-corrected chi connectivity index (χ3v) is 7.41. The van der Waals surface area contributed by atoms with Gasteiger partial charge >= 0.3 is 5.97 Å². The number of ether oxygens (including phenoxy) is 5. The number of fused-ring (bicyclic) bond motifs is 6. The molecule has 2 aromatic carbocycles. The fourth-order valence-corrected chi connectivity index (χ4v) is 5.75. The van der Waals surface area contributed by atoms with Gasteiger partial charge in [0.2, 0.25) is 0 Å². The van der Waals surface area contributed by atoms with Crippen LogP contribution in [0, 0.1) is 11.8 Å². The van der Waals surface area contributed by atoms with Crippen LogP contribution in [0.1, 0.15) is 35.8 Å². The molecule has 190 valence electrons. The quantitative estimate of drug-likeness (QED) is 0.629. The summed E-state index contributed by atoms with van der Waals surface area (Å²) in [7, 11) is 4.49. The fourth-order valence-electron chi connectivity index (χ4n) is 5.75. The average molecular weight is 497 g/mol. The van der Waals surface area contributed by atoms with Crippen LogP contribution in [0.5, 0.6) is 23.0 Å². The summed E-state index contributed by atoms with van der Waals surface area (Å²) in [6.07, 6.45) is 0. The molecule has 0 aromatic heterocycles. The predicted octanol–water partition coefficient (Wildman–Crippen LogP) is 2.81. The highest BCUT2D eigenvalue weighted by Gasteiger charge is 2.67. The lowest BCUT2D eigenvalue weighted by Gasteiger charge is -2.38. The van der Waals surface area contributed by atoms with Gasteiger partial charge in [-0.2, -0.15) is 0 Å². The van der Waals surface area contributed by atoms with E-state index in [1.165, 1.54) is 19.1 Å². The first kappa shape index (κ1) is 23.8. The van der Waals surface area contributed by atoms with Crippen molar-refractivity contribution < 1.29 is 38.1 Å². The third kappa shape index (κ3) is 3.20. The van der Waals surface area contributed by atoms with Crippen molar-refractivity contribution in [2.45, 2.75) is 25.4 Å².